The number of hydrogen-bond acceptors (Lipinski definition) is 4. The van der Waals surface area contributed by atoms with E-state index in [-0.39, 0.29) is 5.91 Å². The number of carbonyl (C=O) groups is 1. The van der Waals surface area contributed by atoms with Crippen molar-refractivity contribution in [2.75, 3.05) is 16.3 Å². The summed E-state index contributed by atoms with van der Waals surface area (Å²) in [6.45, 7) is 1.79. The van der Waals surface area contributed by atoms with Crippen molar-refractivity contribution in [3.8, 4) is 0 Å². The standard InChI is InChI=1S/C13H13BrN2O3S2/c1-8-3-4-9(7-10(8)16-21(2,18)19)15-13(17)11-5-6-12(14)20-11/h3-7,16H,1-2H3,(H,15,17). The lowest BCUT2D eigenvalue weighted by Crippen LogP contribution is -2.13. The summed E-state index contributed by atoms with van der Waals surface area (Å²) in [4.78, 5) is 12.6. The summed E-state index contributed by atoms with van der Waals surface area (Å²) < 4.78 is 25.9. The van der Waals surface area contributed by atoms with Crippen LogP contribution in [0.15, 0.2) is 34.1 Å². The molecule has 5 nitrogen and oxygen atoms in total. The van der Waals surface area contributed by atoms with E-state index in [2.05, 4.69) is 26.0 Å². The Morgan fingerprint density at radius 2 is 1.95 bits per heavy atom. The number of thiophene rings is 1. The maximum Gasteiger partial charge on any atom is 0.265 e. The fraction of sp³-hybridized carbons (Fsp3) is 0.154. The SMILES string of the molecule is Cc1ccc(NC(=O)c2ccc(Br)s2)cc1NS(C)(=O)=O. The van der Waals surface area contributed by atoms with Gasteiger partial charge in [-0.25, -0.2) is 8.42 Å². The molecule has 0 bridgehead atoms. The zero-order valence-corrected chi connectivity index (χ0v) is 14.5. The molecule has 2 rings (SSSR count). The molecule has 2 aromatic rings. The smallest absolute Gasteiger partial charge is 0.265 e. The minimum Gasteiger partial charge on any atom is -0.321 e. The van der Waals surface area contributed by atoms with Gasteiger partial charge in [0.2, 0.25) is 10.0 Å². The Morgan fingerprint density at radius 1 is 1.24 bits per heavy atom. The zero-order chi connectivity index (χ0) is 15.6. The van der Waals surface area contributed by atoms with Crippen LogP contribution in [0.4, 0.5) is 11.4 Å². The van der Waals surface area contributed by atoms with Gasteiger partial charge >= 0.3 is 0 Å². The largest absolute Gasteiger partial charge is 0.321 e. The van der Waals surface area contributed by atoms with Crippen molar-refractivity contribution in [1.82, 2.24) is 0 Å². The van der Waals surface area contributed by atoms with Gasteiger partial charge in [-0.15, -0.1) is 11.3 Å². The van der Waals surface area contributed by atoms with Gasteiger partial charge in [-0.2, -0.15) is 0 Å². The van der Waals surface area contributed by atoms with Crippen LogP contribution >= 0.6 is 27.3 Å². The molecule has 112 valence electrons. The predicted molar refractivity (Wildman–Crippen MR) is 89.6 cm³/mol. The Kier molecular flexibility index (Phi) is 4.70. The second-order valence-electron chi connectivity index (χ2n) is 4.46. The number of benzene rings is 1. The van der Waals surface area contributed by atoms with Gasteiger partial charge in [0.1, 0.15) is 0 Å². The van der Waals surface area contributed by atoms with E-state index in [0.717, 1.165) is 15.6 Å². The van der Waals surface area contributed by atoms with E-state index < -0.39 is 10.0 Å². The number of amides is 1. The first-order valence-corrected chi connectivity index (χ1v) is 9.40. The maximum absolute atomic E-state index is 12.0. The highest BCUT2D eigenvalue weighted by Gasteiger charge is 2.11. The van der Waals surface area contributed by atoms with Crippen molar-refractivity contribution in [2.24, 2.45) is 0 Å². The lowest BCUT2D eigenvalue weighted by Gasteiger charge is -2.10. The van der Waals surface area contributed by atoms with Crippen molar-refractivity contribution < 1.29 is 13.2 Å². The molecule has 0 aliphatic heterocycles. The van der Waals surface area contributed by atoms with Gasteiger partial charge in [0.15, 0.2) is 0 Å². The molecular weight excluding hydrogens is 376 g/mol. The Morgan fingerprint density at radius 3 is 2.52 bits per heavy atom. The molecule has 1 aromatic heterocycles. The fourth-order valence-electron chi connectivity index (χ4n) is 1.64. The van der Waals surface area contributed by atoms with E-state index in [1.807, 2.05) is 0 Å². The predicted octanol–water partition coefficient (Wildman–Crippen LogP) is 3.44. The van der Waals surface area contributed by atoms with Crippen LogP contribution in [0.5, 0.6) is 0 Å². The quantitative estimate of drug-likeness (QED) is 0.841. The van der Waals surface area contributed by atoms with E-state index in [9.17, 15) is 13.2 Å². The normalized spacial score (nSPS) is 11.2. The summed E-state index contributed by atoms with van der Waals surface area (Å²) in [6, 6.07) is 8.58. The van der Waals surface area contributed by atoms with Gasteiger partial charge in [-0.05, 0) is 52.7 Å². The van der Waals surface area contributed by atoms with Crippen molar-refractivity contribution in [3.63, 3.8) is 0 Å². The Bertz CT molecular complexity index is 784. The van der Waals surface area contributed by atoms with Gasteiger partial charge in [-0.1, -0.05) is 6.07 Å². The average molecular weight is 389 g/mol. The van der Waals surface area contributed by atoms with Crippen LogP contribution in [0.3, 0.4) is 0 Å². The molecule has 1 heterocycles. The van der Waals surface area contributed by atoms with Crippen LogP contribution < -0.4 is 10.0 Å². The monoisotopic (exact) mass is 388 g/mol. The number of nitrogens with one attached hydrogen (secondary N) is 2. The molecule has 1 amide bonds. The van der Waals surface area contributed by atoms with E-state index >= 15 is 0 Å². The van der Waals surface area contributed by atoms with Crippen molar-refractivity contribution in [3.05, 3.63) is 44.6 Å². The Hall–Kier alpha value is -1.38. The minimum atomic E-state index is -3.36. The van der Waals surface area contributed by atoms with Crippen LogP contribution in [0, 0.1) is 6.92 Å². The molecule has 2 N–H and O–H groups in total. The molecule has 21 heavy (non-hydrogen) atoms. The highest BCUT2D eigenvalue weighted by atomic mass is 79.9. The highest BCUT2D eigenvalue weighted by molar-refractivity contribution is 9.11. The molecule has 0 radical (unpaired) electrons. The van der Waals surface area contributed by atoms with Crippen LogP contribution in [-0.4, -0.2) is 20.6 Å². The first kappa shape index (κ1) is 16.0. The molecule has 1 aromatic carbocycles. The summed E-state index contributed by atoms with van der Waals surface area (Å²) >= 11 is 4.63. The Labute approximate surface area is 135 Å². The van der Waals surface area contributed by atoms with Gasteiger partial charge in [0.25, 0.3) is 5.91 Å². The summed E-state index contributed by atoms with van der Waals surface area (Å²) in [5.41, 5.74) is 1.75. The lowest BCUT2D eigenvalue weighted by molar-refractivity contribution is 0.103. The van der Waals surface area contributed by atoms with Crippen LogP contribution in [0.2, 0.25) is 0 Å². The van der Waals surface area contributed by atoms with E-state index in [1.54, 1.807) is 37.3 Å². The third-order valence-electron chi connectivity index (χ3n) is 2.59. The van der Waals surface area contributed by atoms with Crippen molar-refractivity contribution in [2.45, 2.75) is 6.92 Å². The third kappa shape index (κ3) is 4.55. The fourth-order valence-corrected chi connectivity index (χ4v) is 3.54. The molecule has 0 fully saturated rings. The Balaban J connectivity index is 2.21. The summed E-state index contributed by atoms with van der Waals surface area (Å²) in [5.74, 6) is -0.236. The number of halogens is 1. The van der Waals surface area contributed by atoms with Crippen LogP contribution in [0.25, 0.3) is 0 Å². The van der Waals surface area contributed by atoms with Gasteiger partial charge < -0.3 is 5.32 Å². The first-order chi connectivity index (χ1) is 9.74. The van der Waals surface area contributed by atoms with E-state index in [4.69, 9.17) is 0 Å². The van der Waals surface area contributed by atoms with Gasteiger partial charge in [0.05, 0.1) is 20.6 Å². The van der Waals surface area contributed by atoms with Crippen molar-refractivity contribution in [1.29, 1.82) is 0 Å². The molecular formula is C13H13BrN2O3S2. The summed E-state index contributed by atoms with van der Waals surface area (Å²) in [5, 5.41) is 2.74. The molecule has 0 spiro atoms. The molecule has 0 aliphatic carbocycles. The van der Waals surface area contributed by atoms with Gasteiger partial charge in [-0.3, -0.25) is 9.52 Å². The van der Waals surface area contributed by atoms with Crippen molar-refractivity contribution >= 4 is 54.6 Å². The molecule has 0 saturated heterocycles. The number of anilines is 2. The molecule has 0 unspecified atom stereocenters. The number of rotatable bonds is 4. The molecule has 8 heteroatoms. The second-order valence-corrected chi connectivity index (χ2v) is 8.67. The summed E-state index contributed by atoms with van der Waals surface area (Å²) in [6.07, 6.45) is 1.08. The molecule has 0 saturated carbocycles. The second kappa shape index (κ2) is 6.17. The maximum atomic E-state index is 12.0. The first-order valence-electron chi connectivity index (χ1n) is 5.90. The number of sulfonamides is 1. The van der Waals surface area contributed by atoms with E-state index in [0.29, 0.717) is 16.3 Å². The lowest BCUT2D eigenvalue weighted by atomic mass is 10.2. The highest BCUT2D eigenvalue weighted by Crippen LogP contribution is 2.25. The van der Waals surface area contributed by atoms with Gasteiger partial charge in [0, 0.05) is 5.69 Å². The van der Waals surface area contributed by atoms with Crippen LogP contribution in [0.1, 0.15) is 15.2 Å². The number of aryl methyl sites for hydroxylation is 1. The summed E-state index contributed by atoms with van der Waals surface area (Å²) in [7, 11) is -3.36. The minimum absolute atomic E-state index is 0.236. The topological polar surface area (TPSA) is 75.3 Å². The van der Waals surface area contributed by atoms with Crippen LogP contribution in [-0.2, 0) is 10.0 Å². The van der Waals surface area contributed by atoms with E-state index in [1.165, 1.54) is 11.3 Å². The number of hydrogen-bond donors (Lipinski definition) is 2. The average Bonchev–Trinajstić information content (AvgIpc) is 2.78. The molecule has 0 aliphatic rings. The number of carbonyl (C=O) groups excluding carboxylic acids is 1. The molecule has 0 atom stereocenters. The third-order valence-corrected chi connectivity index (χ3v) is 4.80. The zero-order valence-electron chi connectivity index (χ0n) is 11.3.